The molecule has 4 unspecified atom stereocenters. The number of benzene rings is 1. The normalized spacial score (nSPS) is 26.2. The third kappa shape index (κ3) is 5.12. The van der Waals surface area contributed by atoms with Gasteiger partial charge in [0.2, 0.25) is 0 Å². The van der Waals surface area contributed by atoms with Gasteiger partial charge in [-0.1, -0.05) is 24.3 Å². The van der Waals surface area contributed by atoms with Crippen molar-refractivity contribution in [1.29, 1.82) is 0 Å². The van der Waals surface area contributed by atoms with Crippen molar-refractivity contribution in [2.24, 2.45) is 0 Å². The number of alkyl halides is 1. The Balaban J connectivity index is 2.02. The highest BCUT2D eigenvalue weighted by atomic mass is 19.1. The van der Waals surface area contributed by atoms with Crippen LogP contribution < -0.4 is 0 Å². The minimum Gasteiger partial charge on any atom is -0.459 e. The monoisotopic (exact) mass is 366 g/mol. The molecule has 1 aliphatic heterocycles. The van der Waals surface area contributed by atoms with E-state index in [-0.39, 0.29) is 13.0 Å². The molecule has 2 rings (SSSR count). The highest BCUT2D eigenvalue weighted by molar-refractivity contribution is 5.89. The largest absolute Gasteiger partial charge is 0.459 e. The summed E-state index contributed by atoms with van der Waals surface area (Å²) in [6.07, 6.45) is -2.91. The molecule has 4 atom stereocenters. The highest BCUT2D eigenvalue weighted by Crippen LogP contribution is 2.27. The molecule has 0 aromatic heterocycles. The molecular weight excluding hydrogens is 343 g/mol. The van der Waals surface area contributed by atoms with Crippen molar-refractivity contribution in [2.45, 2.75) is 44.9 Å². The lowest BCUT2D eigenvalue weighted by molar-refractivity contribution is -0.237. The minimum atomic E-state index is -1.65. The van der Waals surface area contributed by atoms with E-state index in [9.17, 15) is 14.0 Å². The third-order valence-electron chi connectivity index (χ3n) is 4.13. The highest BCUT2D eigenvalue weighted by Gasteiger charge is 2.42. The van der Waals surface area contributed by atoms with Crippen LogP contribution in [0.2, 0.25) is 0 Å². The summed E-state index contributed by atoms with van der Waals surface area (Å²) in [5, 5.41) is 0. The van der Waals surface area contributed by atoms with E-state index in [0.29, 0.717) is 11.1 Å². The molecule has 6 nitrogen and oxygen atoms in total. The number of methoxy groups -OCH3 is 1. The van der Waals surface area contributed by atoms with Gasteiger partial charge >= 0.3 is 11.9 Å². The van der Waals surface area contributed by atoms with Crippen LogP contribution in [0.4, 0.5) is 4.39 Å². The maximum Gasteiger partial charge on any atom is 0.338 e. The molecule has 7 heteroatoms. The van der Waals surface area contributed by atoms with Crippen molar-refractivity contribution in [1.82, 2.24) is 0 Å². The number of allylic oxidation sites excluding steroid dienone is 1. The topological polar surface area (TPSA) is 71.1 Å². The molecule has 0 N–H and O–H groups in total. The Morgan fingerprint density at radius 3 is 2.62 bits per heavy atom. The number of hydrogen-bond acceptors (Lipinski definition) is 6. The number of carbonyl (C=O) groups excluding carboxylic acids is 2. The Morgan fingerprint density at radius 2 is 2.00 bits per heavy atom. The molecule has 0 saturated carbocycles. The van der Waals surface area contributed by atoms with Crippen LogP contribution in [0.25, 0.3) is 0 Å². The Labute approximate surface area is 151 Å². The van der Waals surface area contributed by atoms with Crippen molar-refractivity contribution >= 4 is 11.9 Å². The van der Waals surface area contributed by atoms with Gasteiger partial charge in [0.25, 0.3) is 0 Å². The van der Waals surface area contributed by atoms with Gasteiger partial charge in [0.15, 0.2) is 12.5 Å². The minimum absolute atomic E-state index is 0.0502. The number of rotatable bonds is 6. The van der Waals surface area contributed by atoms with Crippen LogP contribution >= 0.6 is 0 Å². The van der Waals surface area contributed by atoms with Gasteiger partial charge < -0.3 is 18.9 Å². The lowest BCUT2D eigenvalue weighted by Gasteiger charge is -2.36. The Kier molecular flexibility index (Phi) is 7.29. The molecular formula is C19H23FO6. The van der Waals surface area contributed by atoms with Crippen molar-refractivity contribution in [3.05, 3.63) is 47.5 Å². The molecule has 0 aliphatic carbocycles. The second-order valence-corrected chi connectivity index (χ2v) is 5.90. The number of ether oxygens (including phenoxy) is 4. The predicted molar refractivity (Wildman–Crippen MR) is 91.2 cm³/mol. The average molecular weight is 366 g/mol. The Morgan fingerprint density at radius 1 is 1.31 bits per heavy atom. The first-order valence-corrected chi connectivity index (χ1v) is 8.34. The van der Waals surface area contributed by atoms with E-state index < -0.39 is 36.6 Å². The summed E-state index contributed by atoms with van der Waals surface area (Å²) in [7, 11) is 1.41. The maximum atomic E-state index is 14.8. The third-order valence-corrected chi connectivity index (χ3v) is 4.13. The van der Waals surface area contributed by atoms with Gasteiger partial charge in [-0.3, -0.25) is 0 Å². The molecule has 1 aromatic rings. The molecule has 1 fully saturated rings. The van der Waals surface area contributed by atoms with Gasteiger partial charge in [0.1, 0.15) is 18.8 Å². The number of hydrogen-bond donors (Lipinski definition) is 0. The van der Waals surface area contributed by atoms with Crippen LogP contribution in [0.15, 0.2) is 42.0 Å². The van der Waals surface area contributed by atoms with Gasteiger partial charge in [0, 0.05) is 19.1 Å². The summed E-state index contributed by atoms with van der Waals surface area (Å²) < 4.78 is 35.7. The zero-order valence-corrected chi connectivity index (χ0v) is 15.0. The van der Waals surface area contributed by atoms with Gasteiger partial charge in [0.05, 0.1) is 5.56 Å². The van der Waals surface area contributed by atoms with Crippen molar-refractivity contribution in [2.75, 3.05) is 13.7 Å². The van der Waals surface area contributed by atoms with Crippen LogP contribution in [0.3, 0.4) is 0 Å². The fourth-order valence-electron chi connectivity index (χ4n) is 2.45. The zero-order valence-electron chi connectivity index (χ0n) is 15.0. The van der Waals surface area contributed by atoms with Crippen molar-refractivity contribution in [3.8, 4) is 0 Å². The van der Waals surface area contributed by atoms with Crippen LogP contribution in [0.5, 0.6) is 0 Å². The average Bonchev–Trinajstić information content (AvgIpc) is 2.68. The molecule has 1 saturated heterocycles. The molecule has 26 heavy (non-hydrogen) atoms. The van der Waals surface area contributed by atoms with Gasteiger partial charge in [-0.25, -0.2) is 14.0 Å². The van der Waals surface area contributed by atoms with E-state index in [2.05, 4.69) is 0 Å². The van der Waals surface area contributed by atoms with E-state index >= 15 is 0 Å². The number of esters is 2. The summed E-state index contributed by atoms with van der Waals surface area (Å²) in [4.78, 5) is 23.9. The summed E-state index contributed by atoms with van der Waals surface area (Å²) in [5.74, 6) is -1.18. The lowest BCUT2D eigenvalue weighted by Crippen LogP contribution is -2.50. The number of carbonyl (C=O) groups is 2. The van der Waals surface area contributed by atoms with Gasteiger partial charge in [-0.05, 0) is 26.0 Å². The molecule has 142 valence electrons. The SMILES string of the molecule is C/C=C(\C)C(=O)OCC1OC(OC)CC(OC(=O)c2ccccc2)C1F. The molecule has 0 spiro atoms. The van der Waals surface area contributed by atoms with Crippen LogP contribution in [-0.4, -0.2) is 50.3 Å². The first kappa shape index (κ1) is 20.1. The zero-order chi connectivity index (χ0) is 19.1. The van der Waals surface area contributed by atoms with E-state index in [1.165, 1.54) is 7.11 Å². The number of halogens is 1. The first-order chi connectivity index (χ1) is 12.5. The van der Waals surface area contributed by atoms with Gasteiger partial charge in [-0.2, -0.15) is 0 Å². The lowest BCUT2D eigenvalue weighted by atomic mass is 10.0. The molecule has 1 heterocycles. The smallest absolute Gasteiger partial charge is 0.338 e. The van der Waals surface area contributed by atoms with Crippen LogP contribution in [-0.2, 0) is 23.7 Å². The Bertz CT molecular complexity index is 645. The van der Waals surface area contributed by atoms with E-state index in [1.54, 1.807) is 50.3 Å². The molecule has 0 bridgehead atoms. The first-order valence-electron chi connectivity index (χ1n) is 8.34. The van der Waals surface area contributed by atoms with Crippen LogP contribution in [0.1, 0.15) is 30.6 Å². The van der Waals surface area contributed by atoms with Crippen molar-refractivity contribution in [3.63, 3.8) is 0 Å². The molecule has 1 aromatic carbocycles. The molecule has 1 aliphatic rings. The Hall–Kier alpha value is -2.25. The van der Waals surface area contributed by atoms with E-state index in [0.717, 1.165) is 0 Å². The standard InChI is InChI=1S/C19H23FO6/c1-4-12(2)18(21)24-11-15-17(20)14(10-16(23-3)25-15)26-19(22)13-8-6-5-7-9-13/h4-9,14-17H,10-11H2,1-3H3/b12-4+. The van der Waals surface area contributed by atoms with E-state index in [1.807, 2.05) is 0 Å². The fourth-order valence-corrected chi connectivity index (χ4v) is 2.45. The van der Waals surface area contributed by atoms with Crippen LogP contribution in [0, 0.1) is 0 Å². The fraction of sp³-hybridized carbons (Fsp3) is 0.474. The summed E-state index contributed by atoms with van der Waals surface area (Å²) in [6.45, 7) is 3.00. The maximum absolute atomic E-state index is 14.8. The summed E-state index contributed by atoms with van der Waals surface area (Å²) >= 11 is 0. The van der Waals surface area contributed by atoms with Crippen molar-refractivity contribution < 1.29 is 32.9 Å². The second kappa shape index (κ2) is 9.45. The predicted octanol–water partition coefficient (Wildman–Crippen LogP) is 2.82. The summed E-state index contributed by atoms with van der Waals surface area (Å²) in [6, 6.07) is 8.32. The summed E-state index contributed by atoms with van der Waals surface area (Å²) in [5.41, 5.74) is 0.735. The molecule has 0 amide bonds. The quantitative estimate of drug-likeness (QED) is 0.570. The molecule has 0 radical (unpaired) electrons. The second-order valence-electron chi connectivity index (χ2n) is 5.90. The van der Waals surface area contributed by atoms with E-state index in [4.69, 9.17) is 18.9 Å². The van der Waals surface area contributed by atoms with Gasteiger partial charge in [-0.15, -0.1) is 0 Å².